The van der Waals surface area contributed by atoms with E-state index in [1.165, 1.54) is 12.4 Å². The summed E-state index contributed by atoms with van der Waals surface area (Å²) in [5.74, 6) is -0.372. The second-order valence-corrected chi connectivity index (χ2v) is 3.95. The number of carbonyl (C=O) groups is 2. The van der Waals surface area contributed by atoms with E-state index in [1.807, 2.05) is 6.07 Å². The summed E-state index contributed by atoms with van der Waals surface area (Å²) in [4.78, 5) is 23.3. The summed E-state index contributed by atoms with van der Waals surface area (Å²) in [6, 6.07) is 7.20. The third-order valence-electron chi connectivity index (χ3n) is 2.66. The van der Waals surface area contributed by atoms with Crippen molar-refractivity contribution in [3.63, 3.8) is 0 Å². The quantitative estimate of drug-likeness (QED) is 0.763. The highest BCUT2D eigenvalue weighted by Gasteiger charge is 2.11. The highest BCUT2D eigenvalue weighted by Crippen LogP contribution is 2.16. The number of benzene rings is 1. The third-order valence-corrected chi connectivity index (χ3v) is 2.66. The van der Waals surface area contributed by atoms with E-state index in [-0.39, 0.29) is 18.2 Å². The maximum Gasteiger partial charge on any atom is 0.258 e. The van der Waals surface area contributed by atoms with Crippen LogP contribution in [0.5, 0.6) is 0 Å². The van der Waals surface area contributed by atoms with E-state index >= 15 is 0 Å². The van der Waals surface area contributed by atoms with Crippen molar-refractivity contribution >= 4 is 17.5 Å². The Balaban J connectivity index is 2.16. The molecule has 2 rings (SSSR count). The summed E-state index contributed by atoms with van der Waals surface area (Å²) in [5, 5.41) is 11.6. The monoisotopic (exact) mass is 258 g/mol. The van der Waals surface area contributed by atoms with Gasteiger partial charge in [0.15, 0.2) is 0 Å². The summed E-state index contributed by atoms with van der Waals surface area (Å²) in [6.07, 6.45) is 3.17. The average Bonchev–Trinajstić information content (AvgIpc) is 2.95. The molecule has 0 atom stereocenters. The number of aromatic nitrogens is 2. The Labute approximate surface area is 110 Å². The zero-order chi connectivity index (χ0) is 13.7. The van der Waals surface area contributed by atoms with Gasteiger partial charge in [-0.25, -0.2) is 0 Å². The molecule has 1 heterocycles. The maximum atomic E-state index is 11.9. The predicted molar refractivity (Wildman–Crippen MR) is 70.8 cm³/mol. The molecule has 1 aromatic heterocycles. The van der Waals surface area contributed by atoms with E-state index in [0.717, 1.165) is 5.56 Å². The van der Waals surface area contributed by atoms with Gasteiger partial charge in [-0.15, -0.1) is 0 Å². The normalized spacial score (nSPS) is 9.95. The van der Waals surface area contributed by atoms with Crippen molar-refractivity contribution in [3.8, 4) is 0 Å². The second-order valence-electron chi connectivity index (χ2n) is 3.95. The van der Waals surface area contributed by atoms with Gasteiger partial charge in [-0.2, -0.15) is 5.10 Å². The van der Waals surface area contributed by atoms with Gasteiger partial charge in [0.25, 0.3) is 5.91 Å². The van der Waals surface area contributed by atoms with Gasteiger partial charge in [0.05, 0.1) is 18.2 Å². The molecule has 0 fully saturated rings. The topological polar surface area (TPSA) is 86.9 Å². The Morgan fingerprint density at radius 2 is 2.11 bits per heavy atom. The lowest BCUT2D eigenvalue weighted by Gasteiger charge is -2.09. The fourth-order valence-corrected chi connectivity index (χ4v) is 1.63. The van der Waals surface area contributed by atoms with Crippen LogP contribution in [0.15, 0.2) is 36.7 Å². The van der Waals surface area contributed by atoms with Gasteiger partial charge < -0.3 is 10.6 Å². The SMILES string of the molecule is CNC(=O)Cc1ccccc1NC(=O)c1cn[nH]c1. The summed E-state index contributed by atoms with van der Waals surface area (Å²) in [6.45, 7) is 0. The van der Waals surface area contributed by atoms with Crippen molar-refractivity contribution in [3.05, 3.63) is 47.8 Å². The number of nitrogens with one attached hydrogen (secondary N) is 3. The van der Waals surface area contributed by atoms with Crippen molar-refractivity contribution in [2.24, 2.45) is 0 Å². The molecule has 6 nitrogen and oxygen atoms in total. The number of likely N-dealkylation sites (N-methyl/N-ethyl adjacent to an activating group) is 1. The van der Waals surface area contributed by atoms with Gasteiger partial charge in [-0.1, -0.05) is 18.2 Å². The summed E-state index contributed by atoms with van der Waals surface area (Å²) in [5.41, 5.74) is 1.82. The summed E-state index contributed by atoms with van der Waals surface area (Å²) in [7, 11) is 1.58. The molecule has 19 heavy (non-hydrogen) atoms. The van der Waals surface area contributed by atoms with Crippen LogP contribution in [0.25, 0.3) is 0 Å². The molecule has 2 aromatic rings. The first kappa shape index (κ1) is 12.8. The standard InChI is InChI=1S/C13H14N4O2/c1-14-12(18)6-9-4-2-3-5-11(9)17-13(19)10-7-15-16-8-10/h2-5,7-8H,6H2,1H3,(H,14,18)(H,15,16)(H,17,19). The first-order chi connectivity index (χ1) is 9.20. The van der Waals surface area contributed by atoms with E-state index in [1.54, 1.807) is 25.2 Å². The van der Waals surface area contributed by atoms with E-state index in [2.05, 4.69) is 20.8 Å². The molecule has 0 aliphatic carbocycles. The van der Waals surface area contributed by atoms with Crippen LogP contribution >= 0.6 is 0 Å². The van der Waals surface area contributed by atoms with Gasteiger partial charge in [0, 0.05) is 18.9 Å². The highest BCUT2D eigenvalue weighted by molar-refractivity contribution is 6.04. The number of aromatic amines is 1. The number of anilines is 1. The van der Waals surface area contributed by atoms with Crippen molar-refractivity contribution in [2.75, 3.05) is 12.4 Å². The Bertz CT molecular complexity index is 578. The van der Waals surface area contributed by atoms with E-state index < -0.39 is 0 Å². The third kappa shape index (κ3) is 3.19. The molecule has 0 radical (unpaired) electrons. The Morgan fingerprint density at radius 1 is 1.32 bits per heavy atom. The minimum absolute atomic E-state index is 0.106. The predicted octanol–water partition coefficient (Wildman–Crippen LogP) is 0.950. The molecule has 3 N–H and O–H groups in total. The van der Waals surface area contributed by atoms with Crippen LogP contribution in [-0.2, 0) is 11.2 Å². The van der Waals surface area contributed by atoms with Crippen LogP contribution in [0, 0.1) is 0 Å². The fourth-order valence-electron chi connectivity index (χ4n) is 1.63. The zero-order valence-corrected chi connectivity index (χ0v) is 10.4. The molecule has 0 aliphatic rings. The van der Waals surface area contributed by atoms with Crippen LogP contribution in [0.1, 0.15) is 15.9 Å². The number of carbonyl (C=O) groups excluding carboxylic acids is 2. The van der Waals surface area contributed by atoms with Crippen LogP contribution in [0.3, 0.4) is 0 Å². The van der Waals surface area contributed by atoms with Crippen molar-refractivity contribution < 1.29 is 9.59 Å². The molecule has 0 spiro atoms. The number of amides is 2. The second kappa shape index (κ2) is 5.81. The Hall–Kier alpha value is -2.63. The average molecular weight is 258 g/mol. The lowest BCUT2D eigenvalue weighted by molar-refractivity contribution is -0.119. The van der Waals surface area contributed by atoms with E-state index in [9.17, 15) is 9.59 Å². The van der Waals surface area contributed by atoms with Crippen LogP contribution < -0.4 is 10.6 Å². The van der Waals surface area contributed by atoms with Crippen LogP contribution in [-0.4, -0.2) is 29.1 Å². The molecule has 6 heteroatoms. The van der Waals surface area contributed by atoms with Crippen molar-refractivity contribution in [1.29, 1.82) is 0 Å². The number of hydrogen-bond donors (Lipinski definition) is 3. The summed E-state index contributed by atoms with van der Waals surface area (Å²) < 4.78 is 0. The molecule has 0 bridgehead atoms. The number of nitrogens with zero attached hydrogens (tertiary/aromatic N) is 1. The molecular formula is C13H14N4O2. The van der Waals surface area contributed by atoms with E-state index in [4.69, 9.17) is 0 Å². The highest BCUT2D eigenvalue weighted by atomic mass is 16.2. The van der Waals surface area contributed by atoms with Gasteiger partial charge in [-0.3, -0.25) is 14.7 Å². The first-order valence-corrected chi connectivity index (χ1v) is 5.79. The fraction of sp³-hybridized carbons (Fsp3) is 0.154. The Morgan fingerprint density at radius 3 is 2.79 bits per heavy atom. The molecule has 0 unspecified atom stereocenters. The molecular weight excluding hydrogens is 244 g/mol. The van der Waals surface area contributed by atoms with Gasteiger partial charge >= 0.3 is 0 Å². The zero-order valence-electron chi connectivity index (χ0n) is 10.4. The van der Waals surface area contributed by atoms with Gasteiger partial charge in [-0.05, 0) is 11.6 Å². The van der Waals surface area contributed by atoms with Crippen LogP contribution in [0.4, 0.5) is 5.69 Å². The molecule has 0 saturated heterocycles. The minimum Gasteiger partial charge on any atom is -0.359 e. The van der Waals surface area contributed by atoms with Crippen molar-refractivity contribution in [2.45, 2.75) is 6.42 Å². The molecule has 98 valence electrons. The van der Waals surface area contributed by atoms with Gasteiger partial charge in [0.1, 0.15) is 0 Å². The van der Waals surface area contributed by atoms with Crippen molar-refractivity contribution in [1.82, 2.24) is 15.5 Å². The molecule has 1 aromatic carbocycles. The summed E-state index contributed by atoms with van der Waals surface area (Å²) >= 11 is 0. The number of H-pyrrole nitrogens is 1. The largest absolute Gasteiger partial charge is 0.359 e. The maximum absolute atomic E-state index is 11.9. The van der Waals surface area contributed by atoms with E-state index in [0.29, 0.717) is 11.3 Å². The van der Waals surface area contributed by atoms with Crippen LogP contribution in [0.2, 0.25) is 0 Å². The Kier molecular flexibility index (Phi) is 3.92. The molecule has 2 amide bonds. The minimum atomic E-state index is -0.266. The molecule has 0 saturated carbocycles. The smallest absolute Gasteiger partial charge is 0.258 e. The lowest BCUT2D eigenvalue weighted by Crippen LogP contribution is -2.21. The number of rotatable bonds is 4. The molecule has 0 aliphatic heterocycles. The first-order valence-electron chi connectivity index (χ1n) is 5.79. The van der Waals surface area contributed by atoms with Gasteiger partial charge in [0.2, 0.25) is 5.91 Å². The number of hydrogen-bond acceptors (Lipinski definition) is 3. The number of para-hydroxylation sites is 1. The lowest BCUT2D eigenvalue weighted by atomic mass is 10.1.